The molecule has 158 valence electrons. The summed E-state index contributed by atoms with van der Waals surface area (Å²) < 4.78 is 16.2. The maximum Gasteiger partial charge on any atom is 0.336 e. The number of aliphatic hydroxyl groups excluding tert-OH is 1. The summed E-state index contributed by atoms with van der Waals surface area (Å²) in [6.45, 7) is 0.146. The minimum Gasteiger partial charge on any atom is -0.493 e. The van der Waals surface area contributed by atoms with Crippen molar-refractivity contribution in [1.29, 1.82) is 0 Å². The Bertz CT molecular complexity index is 1040. The van der Waals surface area contributed by atoms with Crippen LogP contribution in [0.5, 0.6) is 17.2 Å². The summed E-state index contributed by atoms with van der Waals surface area (Å²) >= 11 is 0. The van der Waals surface area contributed by atoms with Gasteiger partial charge in [-0.15, -0.1) is 0 Å². The first-order valence-electron chi connectivity index (χ1n) is 9.60. The van der Waals surface area contributed by atoms with Gasteiger partial charge in [-0.05, 0) is 55.2 Å². The number of aliphatic hydroxyl groups is 1. The zero-order chi connectivity index (χ0) is 21.7. The normalized spacial score (nSPS) is 10.8. The third-order valence-corrected chi connectivity index (χ3v) is 4.94. The van der Waals surface area contributed by atoms with Crippen molar-refractivity contribution < 1.29 is 29.2 Å². The molecule has 0 amide bonds. The average Bonchev–Trinajstić information content (AvgIpc) is 2.77. The van der Waals surface area contributed by atoms with Gasteiger partial charge in [-0.3, -0.25) is 0 Å². The average molecular weight is 411 g/mol. The summed E-state index contributed by atoms with van der Waals surface area (Å²) in [5.74, 6) is 0.355. The van der Waals surface area contributed by atoms with Gasteiger partial charge < -0.3 is 24.4 Å². The van der Waals surface area contributed by atoms with Crippen molar-refractivity contribution >= 4 is 16.9 Å². The van der Waals surface area contributed by atoms with E-state index in [1.54, 1.807) is 18.2 Å². The van der Waals surface area contributed by atoms with Gasteiger partial charge in [0.05, 0.1) is 38.1 Å². The molecule has 7 nitrogen and oxygen atoms in total. The highest BCUT2D eigenvalue weighted by molar-refractivity contribution is 6.04. The molecule has 0 aliphatic heterocycles. The van der Waals surface area contributed by atoms with Crippen LogP contribution in [0.4, 0.5) is 0 Å². The zero-order valence-corrected chi connectivity index (χ0v) is 17.3. The molecule has 30 heavy (non-hydrogen) atoms. The number of carboxylic acid groups (broad SMARTS) is 1. The van der Waals surface area contributed by atoms with Crippen molar-refractivity contribution in [3.05, 3.63) is 47.5 Å². The third kappa shape index (κ3) is 4.31. The first-order valence-corrected chi connectivity index (χ1v) is 9.60. The lowest BCUT2D eigenvalue weighted by atomic mass is 10.00. The molecule has 2 N–H and O–H groups in total. The number of pyridine rings is 1. The Morgan fingerprint density at radius 1 is 0.967 bits per heavy atom. The van der Waals surface area contributed by atoms with Crippen LogP contribution < -0.4 is 14.2 Å². The molecular weight excluding hydrogens is 386 g/mol. The van der Waals surface area contributed by atoms with Crippen molar-refractivity contribution in [3.8, 4) is 28.5 Å². The van der Waals surface area contributed by atoms with Crippen LogP contribution in [-0.4, -0.2) is 49.1 Å². The molecule has 1 aromatic heterocycles. The van der Waals surface area contributed by atoms with Gasteiger partial charge in [0.25, 0.3) is 0 Å². The van der Waals surface area contributed by atoms with Gasteiger partial charge in [-0.2, -0.15) is 0 Å². The number of aryl methyl sites for hydroxylation is 1. The number of aromatic carboxylic acids is 1. The number of methoxy groups -OCH3 is 3. The Balaban J connectivity index is 2.14. The molecule has 0 radical (unpaired) electrons. The van der Waals surface area contributed by atoms with Gasteiger partial charge in [-0.1, -0.05) is 6.07 Å². The van der Waals surface area contributed by atoms with Crippen LogP contribution in [0.1, 0.15) is 28.8 Å². The lowest BCUT2D eigenvalue weighted by molar-refractivity contribution is 0.0699. The van der Waals surface area contributed by atoms with Crippen molar-refractivity contribution in [2.24, 2.45) is 0 Å². The number of carboxylic acids is 1. The van der Waals surface area contributed by atoms with E-state index < -0.39 is 5.97 Å². The predicted octanol–water partition coefficient (Wildman–Crippen LogP) is 3.94. The fraction of sp³-hybridized carbons (Fsp3) is 0.304. The first kappa shape index (κ1) is 21.4. The number of hydrogen-bond acceptors (Lipinski definition) is 6. The Kier molecular flexibility index (Phi) is 6.74. The molecule has 2 aromatic carbocycles. The van der Waals surface area contributed by atoms with Crippen LogP contribution in [0.2, 0.25) is 0 Å². The van der Waals surface area contributed by atoms with Crippen LogP contribution in [0.3, 0.4) is 0 Å². The van der Waals surface area contributed by atoms with Gasteiger partial charge in [0.2, 0.25) is 5.75 Å². The number of nitrogens with zero attached hydrogens (tertiary/aromatic N) is 1. The van der Waals surface area contributed by atoms with Crippen LogP contribution >= 0.6 is 0 Å². The van der Waals surface area contributed by atoms with E-state index >= 15 is 0 Å². The summed E-state index contributed by atoms with van der Waals surface area (Å²) in [4.78, 5) is 16.7. The van der Waals surface area contributed by atoms with Crippen LogP contribution in [-0.2, 0) is 6.42 Å². The van der Waals surface area contributed by atoms with Gasteiger partial charge in [0.1, 0.15) is 0 Å². The highest BCUT2D eigenvalue weighted by Crippen LogP contribution is 2.41. The smallest absolute Gasteiger partial charge is 0.336 e. The summed E-state index contributed by atoms with van der Waals surface area (Å²) in [6.07, 6.45) is 2.31. The number of aromatic nitrogens is 1. The van der Waals surface area contributed by atoms with E-state index in [1.165, 1.54) is 21.3 Å². The number of carbonyl (C=O) groups is 1. The number of unbranched alkanes of at least 4 members (excludes halogenated alkanes) is 1. The molecule has 0 aliphatic rings. The second-order valence-electron chi connectivity index (χ2n) is 6.81. The second-order valence-corrected chi connectivity index (χ2v) is 6.81. The van der Waals surface area contributed by atoms with Crippen molar-refractivity contribution in [2.75, 3.05) is 27.9 Å². The number of hydrogen-bond donors (Lipinski definition) is 2. The minimum atomic E-state index is -1.02. The third-order valence-electron chi connectivity index (χ3n) is 4.94. The van der Waals surface area contributed by atoms with Crippen molar-refractivity contribution in [3.63, 3.8) is 0 Å². The lowest BCUT2D eigenvalue weighted by Gasteiger charge is -2.15. The highest BCUT2D eigenvalue weighted by Gasteiger charge is 2.18. The number of ether oxygens (including phenoxy) is 3. The van der Waals surface area contributed by atoms with Gasteiger partial charge >= 0.3 is 5.97 Å². The predicted molar refractivity (Wildman–Crippen MR) is 114 cm³/mol. The van der Waals surface area contributed by atoms with E-state index in [0.29, 0.717) is 45.8 Å². The Labute approximate surface area is 174 Å². The summed E-state index contributed by atoms with van der Waals surface area (Å²) in [5, 5.41) is 19.4. The minimum absolute atomic E-state index is 0.146. The molecule has 0 saturated carbocycles. The van der Waals surface area contributed by atoms with Gasteiger partial charge in [-0.25, -0.2) is 9.78 Å². The summed E-state index contributed by atoms with van der Waals surface area (Å²) in [5.41, 5.74) is 2.92. The number of rotatable bonds is 9. The Morgan fingerprint density at radius 2 is 1.67 bits per heavy atom. The molecule has 0 saturated heterocycles. The molecule has 3 aromatic rings. The number of benzene rings is 2. The molecule has 1 heterocycles. The van der Waals surface area contributed by atoms with Gasteiger partial charge in [0.15, 0.2) is 11.5 Å². The van der Waals surface area contributed by atoms with E-state index in [1.807, 2.05) is 18.2 Å². The SMILES string of the molecule is COc1cc(-c2cc(C(=O)O)c3cc(CCCCO)ccc3n2)cc(OC)c1OC. The van der Waals surface area contributed by atoms with E-state index in [9.17, 15) is 9.90 Å². The quantitative estimate of drug-likeness (QED) is 0.515. The van der Waals surface area contributed by atoms with Crippen LogP contribution in [0.15, 0.2) is 36.4 Å². The molecular formula is C23H25NO6. The van der Waals surface area contributed by atoms with E-state index in [0.717, 1.165) is 18.4 Å². The molecule has 3 rings (SSSR count). The van der Waals surface area contributed by atoms with E-state index in [-0.39, 0.29) is 12.2 Å². The summed E-state index contributed by atoms with van der Waals surface area (Å²) in [6, 6.07) is 10.7. The second kappa shape index (κ2) is 9.45. The summed E-state index contributed by atoms with van der Waals surface area (Å²) in [7, 11) is 4.57. The Hall–Kier alpha value is -3.32. The van der Waals surface area contributed by atoms with Gasteiger partial charge in [0, 0.05) is 17.6 Å². The van der Waals surface area contributed by atoms with Crippen LogP contribution in [0, 0.1) is 0 Å². The molecule has 7 heteroatoms. The molecule has 0 atom stereocenters. The highest BCUT2D eigenvalue weighted by atomic mass is 16.5. The topological polar surface area (TPSA) is 98.1 Å². The molecule has 0 unspecified atom stereocenters. The van der Waals surface area contributed by atoms with Crippen LogP contribution in [0.25, 0.3) is 22.2 Å². The molecule has 0 spiro atoms. The standard InChI is InChI=1S/C23H25NO6/c1-28-20-11-15(12-21(29-2)22(20)30-3)19-13-17(23(26)27)16-10-14(6-4-5-9-25)7-8-18(16)24-19/h7-8,10-13,25H,4-6,9H2,1-3H3,(H,26,27). The first-order chi connectivity index (χ1) is 14.5. The van der Waals surface area contributed by atoms with Crippen molar-refractivity contribution in [2.45, 2.75) is 19.3 Å². The van der Waals surface area contributed by atoms with Crippen molar-refractivity contribution in [1.82, 2.24) is 4.98 Å². The monoisotopic (exact) mass is 411 g/mol. The maximum atomic E-state index is 12.0. The largest absolute Gasteiger partial charge is 0.493 e. The zero-order valence-electron chi connectivity index (χ0n) is 17.3. The molecule has 0 fully saturated rings. The Morgan fingerprint density at radius 3 is 2.23 bits per heavy atom. The molecule has 0 bridgehead atoms. The maximum absolute atomic E-state index is 12.0. The van der Waals surface area contributed by atoms with E-state index in [4.69, 9.17) is 19.3 Å². The fourth-order valence-electron chi connectivity index (χ4n) is 3.42. The van der Waals surface area contributed by atoms with E-state index in [2.05, 4.69) is 4.98 Å². The number of fused-ring (bicyclic) bond motifs is 1. The lowest BCUT2D eigenvalue weighted by Crippen LogP contribution is -2.02. The fourth-order valence-corrected chi connectivity index (χ4v) is 3.42. The molecule has 0 aliphatic carbocycles.